The van der Waals surface area contributed by atoms with E-state index in [0.29, 0.717) is 5.76 Å². The van der Waals surface area contributed by atoms with Crippen molar-refractivity contribution in [1.82, 2.24) is 0 Å². The van der Waals surface area contributed by atoms with Crippen LogP contribution in [0.25, 0.3) is 0 Å². The van der Waals surface area contributed by atoms with Gasteiger partial charge in [-0.25, -0.2) is 4.79 Å². The SMILES string of the molecule is C=C(C)/C=C(Br)\C(=C/C)OCC(=O)OC(C)(C)C.CC.CN. The number of hydrogen-bond donors (Lipinski definition) is 1. The van der Waals surface area contributed by atoms with Crippen LogP contribution in [0.1, 0.15) is 48.5 Å². The van der Waals surface area contributed by atoms with Gasteiger partial charge in [-0.2, -0.15) is 0 Å². The molecule has 0 atom stereocenters. The molecule has 0 aliphatic heterocycles. The zero-order valence-electron chi connectivity index (χ0n) is 15.2. The summed E-state index contributed by atoms with van der Waals surface area (Å²) in [4.78, 5) is 11.5. The summed E-state index contributed by atoms with van der Waals surface area (Å²) in [6.07, 6.45) is 3.60. The van der Waals surface area contributed by atoms with Gasteiger partial charge in [0.15, 0.2) is 6.61 Å². The van der Waals surface area contributed by atoms with Crippen LogP contribution in [-0.2, 0) is 14.3 Å². The van der Waals surface area contributed by atoms with Crippen LogP contribution in [0.3, 0.4) is 0 Å². The second kappa shape index (κ2) is 14.9. The zero-order chi connectivity index (χ0) is 18.3. The van der Waals surface area contributed by atoms with Gasteiger partial charge in [0.1, 0.15) is 11.4 Å². The van der Waals surface area contributed by atoms with E-state index < -0.39 is 11.6 Å². The molecule has 2 N–H and O–H groups in total. The fraction of sp³-hybridized carbons (Fsp3) is 0.588. The van der Waals surface area contributed by atoms with Crippen LogP contribution < -0.4 is 5.73 Å². The van der Waals surface area contributed by atoms with Crippen molar-refractivity contribution in [3.8, 4) is 0 Å². The highest BCUT2D eigenvalue weighted by Crippen LogP contribution is 2.20. The Labute approximate surface area is 144 Å². The first-order chi connectivity index (χ1) is 10.2. The Morgan fingerprint density at radius 2 is 1.73 bits per heavy atom. The molecule has 4 nitrogen and oxygen atoms in total. The molecule has 0 aromatic carbocycles. The smallest absolute Gasteiger partial charge is 0.344 e. The third kappa shape index (κ3) is 17.0. The monoisotopic (exact) mass is 377 g/mol. The summed E-state index contributed by atoms with van der Waals surface area (Å²) in [7, 11) is 1.50. The number of allylic oxidation sites excluding steroid dienone is 4. The largest absolute Gasteiger partial charge is 0.481 e. The van der Waals surface area contributed by atoms with Crippen LogP contribution >= 0.6 is 15.9 Å². The fourth-order valence-corrected chi connectivity index (χ4v) is 1.82. The molecule has 0 heterocycles. The molecule has 0 amide bonds. The predicted octanol–water partition coefficient (Wildman–Crippen LogP) is 4.70. The first-order valence-electron chi connectivity index (χ1n) is 7.27. The molecule has 0 fully saturated rings. The third-order valence-corrected chi connectivity index (χ3v) is 2.26. The Morgan fingerprint density at radius 1 is 1.27 bits per heavy atom. The summed E-state index contributed by atoms with van der Waals surface area (Å²) in [5.74, 6) is 0.196. The molecule has 0 aromatic heterocycles. The van der Waals surface area contributed by atoms with Gasteiger partial charge in [-0.15, -0.1) is 0 Å². The van der Waals surface area contributed by atoms with Crippen molar-refractivity contribution in [3.05, 3.63) is 34.5 Å². The minimum atomic E-state index is -0.499. The molecule has 0 saturated carbocycles. The molecule has 0 radical (unpaired) electrons. The van der Waals surface area contributed by atoms with Gasteiger partial charge < -0.3 is 15.2 Å². The minimum Gasteiger partial charge on any atom is -0.481 e. The molecule has 0 aliphatic carbocycles. The first-order valence-corrected chi connectivity index (χ1v) is 8.06. The maximum Gasteiger partial charge on any atom is 0.344 e. The summed E-state index contributed by atoms with van der Waals surface area (Å²) in [5, 5.41) is 0. The lowest BCUT2D eigenvalue weighted by Crippen LogP contribution is -2.26. The van der Waals surface area contributed by atoms with Crippen molar-refractivity contribution in [3.63, 3.8) is 0 Å². The van der Waals surface area contributed by atoms with Crippen molar-refractivity contribution >= 4 is 21.9 Å². The van der Waals surface area contributed by atoms with Crippen LogP contribution in [0.4, 0.5) is 0 Å². The van der Waals surface area contributed by atoms with E-state index in [2.05, 4.69) is 28.2 Å². The molecule has 0 aliphatic rings. The normalized spacial score (nSPS) is 11.4. The van der Waals surface area contributed by atoms with Crippen LogP contribution in [0.15, 0.2) is 34.5 Å². The van der Waals surface area contributed by atoms with Gasteiger partial charge in [0, 0.05) is 0 Å². The fourth-order valence-electron chi connectivity index (χ4n) is 1.09. The van der Waals surface area contributed by atoms with Crippen molar-refractivity contribution < 1.29 is 14.3 Å². The van der Waals surface area contributed by atoms with Gasteiger partial charge >= 0.3 is 5.97 Å². The van der Waals surface area contributed by atoms with Crippen molar-refractivity contribution in [2.75, 3.05) is 13.7 Å². The summed E-state index contributed by atoms with van der Waals surface area (Å²) in [6.45, 7) is 16.8. The number of ether oxygens (including phenoxy) is 2. The molecule has 0 bridgehead atoms. The second-order valence-corrected chi connectivity index (χ2v) is 5.72. The average Bonchev–Trinajstić information content (AvgIpc) is 2.41. The molecule has 22 heavy (non-hydrogen) atoms. The number of esters is 1. The summed E-state index contributed by atoms with van der Waals surface area (Å²) >= 11 is 3.37. The van der Waals surface area contributed by atoms with Crippen molar-refractivity contribution in [2.24, 2.45) is 5.73 Å². The highest BCUT2D eigenvalue weighted by Gasteiger charge is 2.17. The molecule has 0 aromatic rings. The van der Waals surface area contributed by atoms with E-state index in [9.17, 15) is 4.79 Å². The van der Waals surface area contributed by atoms with E-state index in [1.54, 1.807) is 6.08 Å². The van der Waals surface area contributed by atoms with Crippen LogP contribution in [0, 0.1) is 0 Å². The summed E-state index contributed by atoms with van der Waals surface area (Å²) in [5.41, 5.74) is 4.89. The van der Waals surface area contributed by atoms with Crippen molar-refractivity contribution in [1.29, 1.82) is 0 Å². The van der Waals surface area contributed by atoms with E-state index in [0.717, 1.165) is 10.1 Å². The van der Waals surface area contributed by atoms with Gasteiger partial charge in [0.05, 0.1) is 4.48 Å². The Morgan fingerprint density at radius 3 is 2.05 bits per heavy atom. The number of rotatable bonds is 5. The Bertz CT molecular complexity index is 380. The van der Waals surface area contributed by atoms with Crippen molar-refractivity contribution in [2.45, 2.75) is 54.1 Å². The standard InChI is InChI=1S/C14H21BrO3.C2H6.CH5N/c1-7-12(11(15)8-10(2)3)17-9-13(16)18-14(4,5)6;2*1-2/h7-8H,2,9H2,1,3-6H3;1-2H3;2H2,1H3/b11-8+,12-7+;;. The number of carbonyl (C=O) groups is 1. The molecular weight excluding hydrogens is 346 g/mol. The Balaban J connectivity index is -0.000000826. The topological polar surface area (TPSA) is 61.5 Å². The quantitative estimate of drug-likeness (QED) is 0.428. The molecule has 0 saturated heterocycles. The van der Waals surface area contributed by atoms with Crippen LogP contribution in [-0.4, -0.2) is 25.2 Å². The lowest BCUT2D eigenvalue weighted by Gasteiger charge is -2.19. The summed E-state index contributed by atoms with van der Waals surface area (Å²) < 4.78 is 11.3. The van der Waals surface area contributed by atoms with Gasteiger partial charge in [-0.05, 0) is 69.7 Å². The molecule has 0 unspecified atom stereocenters. The number of nitrogens with two attached hydrogens (primary N) is 1. The average molecular weight is 378 g/mol. The highest BCUT2D eigenvalue weighted by molar-refractivity contribution is 9.11. The zero-order valence-corrected chi connectivity index (χ0v) is 16.8. The number of halogens is 1. The van der Waals surface area contributed by atoms with E-state index in [1.807, 2.05) is 54.5 Å². The molecule has 130 valence electrons. The van der Waals surface area contributed by atoms with E-state index >= 15 is 0 Å². The minimum absolute atomic E-state index is 0.115. The highest BCUT2D eigenvalue weighted by atomic mass is 79.9. The first kappa shape index (κ1) is 25.9. The molecule has 5 heteroatoms. The van der Waals surface area contributed by atoms with Crippen LogP contribution in [0.5, 0.6) is 0 Å². The Kier molecular flexibility index (Phi) is 17.5. The molecule has 0 rings (SSSR count). The third-order valence-electron chi connectivity index (χ3n) is 1.64. The van der Waals surface area contributed by atoms with Crippen LogP contribution in [0.2, 0.25) is 0 Å². The van der Waals surface area contributed by atoms with E-state index in [-0.39, 0.29) is 6.61 Å². The number of carbonyl (C=O) groups excluding carboxylic acids is 1. The van der Waals surface area contributed by atoms with Gasteiger partial charge in [-0.3, -0.25) is 0 Å². The second-order valence-electron chi connectivity index (χ2n) is 4.87. The van der Waals surface area contributed by atoms with E-state index in [1.165, 1.54) is 7.05 Å². The van der Waals surface area contributed by atoms with Gasteiger partial charge in [-0.1, -0.05) is 26.0 Å². The Hall–Kier alpha value is -1.07. The number of hydrogen-bond acceptors (Lipinski definition) is 4. The summed E-state index contributed by atoms with van der Waals surface area (Å²) in [6, 6.07) is 0. The predicted molar refractivity (Wildman–Crippen MR) is 98.8 cm³/mol. The van der Waals surface area contributed by atoms with Gasteiger partial charge in [0.25, 0.3) is 0 Å². The lowest BCUT2D eigenvalue weighted by molar-refractivity contribution is -0.158. The molecular formula is C17H32BrNO3. The van der Waals surface area contributed by atoms with Gasteiger partial charge in [0.2, 0.25) is 0 Å². The maximum absolute atomic E-state index is 11.5. The lowest BCUT2D eigenvalue weighted by atomic mass is 10.2. The molecule has 0 spiro atoms. The van der Waals surface area contributed by atoms with E-state index in [4.69, 9.17) is 9.47 Å². The maximum atomic E-state index is 11.5.